The zero-order valence-electron chi connectivity index (χ0n) is 10.9. The second kappa shape index (κ2) is 5.36. The Kier molecular flexibility index (Phi) is 4.56. The second-order valence-corrected chi connectivity index (χ2v) is 7.78. The molecule has 1 aliphatic rings. The van der Waals surface area contributed by atoms with Gasteiger partial charge in [0, 0.05) is 13.1 Å². The lowest BCUT2D eigenvalue weighted by molar-refractivity contribution is 0.217. The van der Waals surface area contributed by atoms with E-state index in [1.54, 1.807) is 6.07 Å². The topological polar surface area (TPSA) is 61.2 Å². The number of hydrogen-bond acceptors (Lipinski definition) is 3. The molecule has 1 rings (SSSR count). The molecule has 98 valence electrons. The van der Waals surface area contributed by atoms with Crippen LogP contribution >= 0.6 is 0 Å². The maximum Gasteiger partial charge on any atom is 0.227 e. The molecule has 0 N–H and O–H groups in total. The van der Waals surface area contributed by atoms with E-state index in [9.17, 15) is 8.42 Å². The number of sulfonamides is 1. The summed E-state index contributed by atoms with van der Waals surface area (Å²) < 4.78 is 25.1. The number of nitriles is 1. The van der Waals surface area contributed by atoms with Gasteiger partial charge >= 0.3 is 0 Å². The smallest absolute Gasteiger partial charge is 0.211 e. The first kappa shape index (κ1) is 14.5. The molecule has 0 bridgehead atoms. The average molecular weight is 258 g/mol. The zero-order valence-corrected chi connectivity index (χ0v) is 11.8. The largest absolute Gasteiger partial charge is 0.227 e. The highest BCUT2D eigenvalue weighted by molar-refractivity contribution is 7.89. The van der Waals surface area contributed by atoms with Gasteiger partial charge in [-0.25, -0.2) is 12.7 Å². The Balaban J connectivity index is 2.70. The van der Waals surface area contributed by atoms with Crippen molar-refractivity contribution >= 4 is 10.0 Å². The van der Waals surface area contributed by atoms with Crippen LogP contribution in [0.25, 0.3) is 0 Å². The van der Waals surface area contributed by atoms with E-state index in [4.69, 9.17) is 5.26 Å². The fourth-order valence-electron chi connectivity index (χ4n) is 2.39. The first-order chi connectivity index (χ1) is 7.77. The van der Waals surface area contributed by atoms with E-state index in [0.29, 0.717) is 19.0 Å². The van der Waals surface area contributed by atoms with Crippen molar-refractivity contribution < 1.29 is 8.42 Å². The molecule has 1 saturated heterocycles. The van der Waals surface area contributed by atoms with E-state index in [2.05, 4.69) is 20.8 Å². The molecule has 0 aromatic carbocycles. The summed E-state index contributed by atoms with van der Waals surface area (Å²) in [5.41, 5.74) is 0.231. The number of nitrogens with zero attached hydrogens (tertiary/aromatic N) is 2. The third-order valence-corrected chi connectivity index (χ3v) is 5.20. The quantitative estimate of drug-likeness (QED) is 0.761. The minimum atomic E-state index is -3.35. The summed E-state index contributed by atoms with van der Waals surface area (Å²) in [5.74, 6) is 0.164. The van der Waals surface area contributed by atoms with Crippen LogP contribution in [0, 0.1) is 22.7 Å². The van der Waals surface area contributed by atoms with Crippen molar-refractivity contribution in [1.29, 1.82) is 5.26 Å². The molecule has 0 aliphatic carbocycles. The lowest BCUT2D eigenvalue weighted by Crippen LogP contribution is -2.34. The van der Waals surface area contributed by atoms with Crippen molar-refractivity contribution in [3.05, 3.63) is 0 Å². The molecule has 0 amide bonds. The lowest BCUT2D eigenvalue weighted by atomic mass is 9.77. The molecule has 1 aliphatic heterocycles. The van der Waals surface area contributed by atoms with Crippen molar-refractivity contribution in [3.8, 4) is 6.07 Å². The monoisotopic (exact) mass is 258 g/mol. The van der Waals surface area contributed by atoms with Crippen molar-refractivity contribution in [2.24, 2.45) is 11.3 Å². The molecule has 1 heterocycles. The third kappa shape index (κ3) is 3.97. The number of rotatable bonds is 2. The van der Waals surface area contributed by atoms with E-state index < -0.39 is 15.8 Å². The second-order valence-electron chi connectivity index (χ2n) is 5.81. The predicted molar refractivity (Wildman–Crippen MR) is 67.8 cm³/mol. The Morgan fingerprint density at radius 1 is 1.29 bits per heavy atom. The Morgan fingerprint density at radius 2 is 1.94 bits per heavy atom. The van der Waals surface area contributed by atoms with Crippen LogP contribution in [0.15, 0.2) is 0 Å². The summed E-state index contributed by atoms with van der Waals surface area (Å²) in [4.78, 5) is 0. The standard InChI is InChI=1S/C12H22N2O2S/c1-12(2,3)11-5-4-8-14(9-6-11)17(15,16)10-7-13/h11H,4-6,8-10H2,1-3H3. The van der Waals surface area contributed by atoms with Crippen molar-refractivity contribution in [3.63, 3.8) is 0 Å². The van der Waals surface area contributed by atoms with E-state index in [-0.39, 0.29) is 5.41 Å². The Hall–Kier alpha value is -0.600. The lowest BCUT2D eigenvalue weighted by Gasteiger charge is -2.29. The molecule has 0 spiro atoms. The molecule has 0 aromatic heterocycles. The van der Waals surface area contributed by atoms with Crippen LogP contribution in [0.1, 0.15) is 40.0 Å². The minimum Gasteiger partial charge on any atom is -0.211 e. The first-order valence-electron chi connectivity index (χ1n) is 6.12. The molecule has 1 fully saturated rings. The van der Waals surface area contributed by atoms with Crippen molar-refractivity contribution in [2.45, 2.75) is 40.0 Å². The van der Waals surface area contributed by atoms with Crippen LogP contribution in [0.2, 0.25) is 0 Å². The van der Waals surface area contributed by atoms with Gasteiger partial charge in [0.1, 0.15) is 0 Å². The molecule has 17 heavy (non-hydrogen) atoms. The van der Waals surface area contributed by atoms with Gasteiger partial charge in [-0.3, -0.25) is 0 Å². The van der Waals surface area contributed by atoms with Crippen LogP contribution in [-0.2, 0) is 10.0 Å². The normalized spacial score (nSPS) is 24.0. The first-order valence-corrected chi connectivity index (χ1v) is 7.73. The maximum absolute atomic E-state index is 11.8. The van der Waals surface area contributed by atoms with Gasteiger partial charge in [0.2, 0.25) is 10.0 Å². The highest BCUT2D eigenvalue weighted by Gasteiger charge is 2.30. The van der Waals surface area contributed by atoms with E-state index in [1.165, 1.54) is 4.31 Å². The molecule has 0 saturated carbocycles. The van der Waals surface area contributed by atoms with Crippen LogP contribution in [0.4, 0.5) is 0 Å². The summed E-state index contributed by atoms with van der Waals surface area (Å²) in [6.07, 6.45) is 2.86. The molecule has 0 radical (unpaired) electrons. The highest BCUT2D eigenvalue weighted by atomic mass is 32.2. The number of hydrogen-bond donors (Lipinski definition) is 0. The van der Waals surface area contributed by atoms with E-state index in [1.807, 2.05) is 0 Å². The van der Waals surface area contributed by atoms with Crippen LogP contribution in [-0.4, -0.2) is 31.6 Å². The van der Waals surface area contributed by atoms with Crippen LogP contribution < -0.4 is 0 Å². The molecule has 5 heteroatoms. The van der Waals surface area contributed by atoms with E-state index >= 15 is 0 Å². The van der Waals surface area contributed by atoms with Gasteiger partial charge in [0.05, 0.1) is 6.07 Å². The molecule has 0 aromatic rings. The average Bonchev–Trinajstić information content (AvgIpc) is 2.41. The van der Waals surface area contributed by atoms with Gasteiger partial charge in [-0.2, -0.15) is 5.26 Å². The van der Waals surface area contributed by atoms with Gasteiger partial charge in [-0.05, 0) is 30.6 Å². The molecule has 4 nitrogen and oxygen atoms in total. The molecular weight excluding hydrogens is 236 g/mol. The third-order valence-electron chi connectivity index (χ3n) is 3.55. The van der Waals surface area contributed by atoms with Crippen LogP contribution in [0.3, 0.4) is 0 Å². The Bertz CT molecular complexity index is 390. The predicted octanol–water partition coefficient (Wildman–Crippen LogP) is 1.99. The van der Waals surface area contributed by atoms with Crippen molar-refractivity contribution in [1.82, 2.24) is 4.31 Å². The fourth-order valence-corrected chi connectivity index (χ4v) is 3.52. The van der Waals surface area contributed by atoms with Crippen LogP contribution in [0.5, 0.6) is 0 Å². The van der Waals surface area contributed by atoms with Gasteiger partial charge < -0.3 is 0 Å². The SMILES string of the molecule is CC(C)(C)C1CCCN(S(=O)(=O)CC#N)CC1. The summed E-state index contributed by atoms with van der Waals surface area (Å²) >= 11 is 0. The maximum atomic E-state index is 11.8. The summed E-state index contributed by atoms with van der Waals surface area (Å²) in [6, 6.07) is 1.74. The highest BCUT2D eigenvalue weighted by Crippen LogP contribution is 2.34. The summed E-state index contributed by atoms with van der Waals surface area (Å²) in [5, 5.41) is 8.53. The summed E-state index contributed by atoms with van der Waals surface area (Å²) in [6.45, 7) is 7.74. The molecule has 1 atom stereocenters. The Labute approximate surface area is 105 Å². The minimum absolute atomic E-state index is 0.231. The Morgan fingerprint density at radius 3 is 2.47 bits per heavy atom. The summed E-state index contributed by atoms with van der Waals surface area (Å²) in [7, 11) is -3.35. The van der Waals surface area contributed by atoms with E-state index in [0.717, 1.165) is 19.3 Å². The molecule has 1 unspecified atom stereocenters. The van der Waals surface area contributed by atoms with Crippen molar-refractivity contribution in [2.75, 3.05) is 18.8 Å². The van der Waals surface area contributed by atoms with Gasteiger partial charge in [-0.15, -0.1) is 0 Å². The van der Waals surface area contributed by atoms with Gasteiger partial charge in [0.25, 0.3) is 0 Å². The molecular formula is C12H22N2O2S. The van der Waals surface area contributed by atoms with Gasteiger partial charge in [0.15, 0.2) is 5.75 Å². The van der Waals surface area contributed by atoms with Gasteiger partial charge in [-0.1, -0.05) is 20.8 Å². The zero-order chi connectivity index (χ0) is 13.1. The fraction of sp³-hybridized carbons (Fsp3) is 0.917.